The van der Waals surface area contributed by atoms with Crippen molar-refractivity contribution in [2.24, 2.45) is 0 Å². The van der Waals surface area contributed by atoms with Crippen LogP contribution in [0.2, 0.25) is 0 Å². The molecule has 0 aromatic carbocycles. The van der Waals surface area contributed by atoms with Gasteiger partial charge in [0.15, 0.2) is 0 Å². The molecule has 0 spiro atoms. The first kappa shape index (κ1) is 16.2. The summed E-state index contributed by atoms with van der Waals surface area (Å²) in [5.74, 6) is -0.133. The summed E-state index contributed by atoms with van der Waals surface area (Å²) in [4.78, 5) is 21.5. The molecule has 1 N–H and O–H groups in total. The van der Waals surface area contributed by atoms with Gasteiger partial charge in [-0.1, -0.05) is 6.07 Å². The lowest BCUT2D eigenvalue weighted by Crippen LogP contribution is -2.35. The van der Waals surface area contributed by atoms with E-state index in [4.69, 9.17) is 4.74 Å². The third-order valence-electron chi connectivity index (χ3n) is 4.35. The van der Waals surface area contributed by atoms with E-state index in [1.165, 1.54) is 0 Å². The van der Waals surface area contributed by atoms with Crippen LogP contribution < -0.4 is 5.32 Å². The van der Waals surface area contributed by atoms with Gasteiger partial charge in [0.05, 0.1) is 22.9 Å². The second kappa shape index (κ2) is 6.90. The van der Waals surface area contributed by atoms with Crippen molar-refractivity contribution < 1.29 is 9.53 Å². The summed E-state index contributed by atoms with van der Waals surface area (Å²) in [6.07, 6.45) is 3.48. The number of nitrogens with one attached hydrogen (secondary N) is 1. The molecule has 0 saturated carbocycles. The Morgan fingerprint density at radius 3 is 3.08 bits per heavy atom. The number of ether oxygens (including phenoxy) is 1. The van der Waals surface area contributed by atoms with Gasteiger partial charge in [0.25, 0.3) is 5.91 Å². The molecular formula is C19H19N3O2S. The van der Waals surface area contributed by atoms with E-state index in [9.17, 15) is 4.79 Å². The van der Waals surface area contributed by atoms with Crippen LogP contribution in [0.25, 0.3) is 10.2 Å². The lowest BCUT2D eigenvalue weighted by Gasteiger charge is -2.11. The smallest absolute Gasteiger partial charge is 0.270 e. The molecular weight excluding hydrogens is 334 g/mol. The molecule has 3 aromatic heterocycles. The molecule has 0 unspecified atom stereocenters. The first-order chi connectivity index (χ1) is 12.2. The molecule has 6 heteroatoms. The Morgan fingerprint density at radius 1 is 1.40 bits per heavy atom. The van der Waals surface area contributed by atoms with Crippen LogP contribution in [0.4, 0.5) is 0 Å². The normalized spacial score (nSPS) is 17.1. The van der Waals surface area contributed by atoms with Crippen molar-refractivity contribution in [1.82, 2.24) is 15.3 Å². The molecule has 5 nitrogen and oxygen atoms in total. The highest BCUT2D eigenvalue weighted by molar-refractivity contribution is 7.17. The number of rotatable bonds is 4. The average molecular weight is 353 g/mol. The molecule has 0 aliphatic carbocycles. The third kappa shape index (κ3) is 3.55. The van der Waals surface area contributed by atoms with Crippen molar-refractivity contribution in [3.05, 3.63) is 58.4 Å². The summed E-state index contributed by atoms with van der Waals surface area (Å²) in [7, 11) is 0. The molecule has 1 aliphatic rings. The predicted octanol–water partition coefficient (Wildman–Crippen LogP) is 3.11. The predicted molar refractivity (Wildman–Crippen MR) is 98.1 cm³/mol. The maximum absolute atomic E-state index is 12.6. The standard InChI is InChI=1S/C19H19N3O2S/c1-12-2-3-13(10-20-12)8-14-9-17(22-16-5-7-25-18(14)16)19(23)21-15-4-6-24-11-15/h2-3,5,7,9-10,15H,4,6,8,11H2,1H3,(H,21,23)/t15-/m1/s1. The first-order valence-corrected chi connectivity index (χ1v) is 9.24. The molecule has 0 radical (unpaired) electrons. The topological polar surface area (TPSA) is 64.1 Å². The van der Waals surface area contributed by atoms with Crippen molar-refractivity contribution >= 4 is 27.5 Å². The van der Waals surface area contributed by atoms with Crippen molar-refractivity contribution in [3.8, 4) is 0 Å². The van der Waals surface area contributed by atoms with E-state index in [0.717, 1.165) is 39.9 Å². The summed E-state index contributed by atoms with van der Waals surface area (Å²) in [5.41, 5.74) is 4.57. The lowest BCUT2D eigenvalue weighted by atomic mass is 10.1. The van der Waals surface area contributed by atoms with Gasteiger partial charge < -0.3 is 10.1 Å². The van der Waals surface area contributed by atoms with Gasteiger partial charge in [-0.3, -0.25) is 9.78 Å². The van der Waals surface area contributed by atoms with Crippen molar-refractivity contribution in [2.45, 2.75) is 25.8 Å². The van der Waals surface area contributed by atoms with E-state index in [0.29, 0.717) is 18.9 Å². The quantitative estimate of drug-likeness (QED) is 0.783. The fraction of sp³-hybridized carbons (Fsp3) is 0.316. The fourth-order valence-corrected chi connectivity index (χ4v) is 3.85. The molecule has 3 aromatic rings. The van der Waals surface area contributed by atoms with E-state index in [1.807, 2.05) is 36.7 Å². The van der Waals surface area contributed by atoms with Gasteiger partial charge in [-0.05, 0) is 48.1 Å². The van der Waals surface area contributed by atoms with Crippen LogP contribution in [0.3, 0.4) is 0 Å². The van der Waals surface area contributed by atoms with E-state index >= 15 is 0 Å². The van der Waals surface area contributed by atoms with E-state index in [-0.39, 0.29) is 11.9 Å². The van der Waals surface area contributed by atoms with Crippen molar-refractivity contribution in [1.29, 1.82) is 0 Å². The lowest BCUT2D eigenvalue weighted by molar-refractivity contribution is 0.0925. The number of aryl methyl sites for hydroxylation is 1. The molecule has 4 rings (SSSR count). The van der Waals surface area contributed by atoms with E-state index in [1.54, 1.807) is 11.3 Å². The average Bonchev–Trinajstić information content (AvgIpc) is 3.28. The molecule has 1 saturated heterocycles. The summed E-state index contributed by atoms with van der Waals surface area (Å²) >= 11 is 1.66. The Bertz CT molecular complexity index is 899. The number of fused-ring (bicyclic) bond motifs is 1. The van der Waals surface area contributed by atoms with Gasteiger partial charge in [-0.25, -0.2) is 4.98 Å². The fourth-order valence-electron chi connectivity index (χ4n) is 3.00. The van der Waals surface area contributed by atoms with E-state index < -0.39 is 0 Å². The molecule has 0 bridgehead atoms. The Morgan fingerprint density at radius 2 is 2.32 bits per heavy atom. The second-order valence-corrected chi connectivity index (χ2v) is 7.24. The van der Waals surface area contributed by atoms with Gasteiger partial charge in [0.1, 0.15) is 5.69 Å². The number of hydrogen-bond acceptors (Lipinski definition) is 5. The number of nitrogens with zero attached hydrogens (tertiary/aromatic N) is 2. The molecule has 1 aliphatic heterocycles. The van der Waals surface area contributed by atoms with Gasteiger partial charge in [-0.2, -0.15) is 0 Å². The summed E-state index contributed by atoms with van der Waals surface area (Å²) < 4.78 is 6.45. The number of hydrogen-bond donors (Lipinski definition) is 1. The maximum atomic E-state index is 12.6. The van der Waals surface area contributed by atoms with Crippen LogP contribution in [0, 0.1) is 6.92 Å². The molecule has 1 amide bonds. The van der Waals surface area contributed by atoms with Crippen LogP contribution in [0.1, 0.15) is 33.7 Å². The SMILES string of the molecule is Cc1ccc(Cc2cc(C(=O)N[C@@H]3CCOC3)nc3ccsc23)cn1. The third-order valence-corrected chi connectivity index (χ3v) is 5.33. The van der Waals surface area contributed by atoms with Crippen LogP contribution in [-0.4, -0.2) is 35.1 Å². The zero-order chi connectivity index (χ0) is 17.2. The number of pyridine rings is 2. The van der Waals surface area contributed by atoms with Crippen molar-refractivity contribution in [2.75, 3.05) is 13.2 Å². The van der Waals surface area contributed by atoms with Crippen LogP contribution >= 0.6 is 11.3 Å². The Balaban J connectivity index is 1.64. The molecule has 1 atom stereocenters. The number of aromatic nitrogens is 2. The summed E-state index contributed by atoms with van der Waals surface area (Å²) in [5, 5.41) is 5.03. The monoisotopic (exact) mass is 353 g/mol. The molecule has 1 fully saturated rings. The van der Waals surface area contributed by atoms with Gasteiger partial charge in [0, 0.05) is 24.9 Å². The van der Waals surface area contributed by atoms with Crippen molar-refractivity contribution in [3.63, 3.8) is 0 Å². The minimum Gasteiger partial charge on any atom is -0.379 e. The number of amides is 1. The molecule has 25 heavy (non-hydrogen) atoms. The minimum atomic E-state index is -0.133. The van der Waals surface area contributed by atoms with Crippen LogP contribution in [0.15, 0.2) is 35.8 Å². The number of thiophene rings is 1. The van der Waals surface area contributed by atoms with Crippen LogP contribution in [0.5, 0.6) is 0 Å². The maximum Gasteiger partial charge on any atom is 0.270 e. The van der Waals surface area contributed by atoms with E-state index in [2.05, 4.69) is 21.4 Å². The zero-order valence-electron chi connectivity index (χ0n) is 14.0. The van der Waals surface area contributed by atoms with Gasteiger partial charge in [-0.15, -0.1) is 11.3 Å². The highest BCUT2D eigenvalue weighted by Gasteiger charge is 2.20. The highest BCUT2D eigenvalue weighted by Crippen LogP contribution is 2.26. The zero-order valence-corrected chi connectivity index (χ0v) is 14.8. The van der Waals surface area contributed by atoms with Crippen LogP contribution in [-0.2, 0) is 11.2 Å². The van der Waals surface area contributed by atoms with Gasteiger partial charge in [0.2, 0.25) is 0 Å². The Kier molecular flexibility index (Phi) is 4.46. The summed E-state index contributed by atoms with van der Waals surface area (Å²) in [6.45, 7) is 3.25. The molecule has 4 heterocycles. The Labute approximate surface area is 150 Å². The Hall–Kier alpha value is -2.31. The van der Waals surface area contributed by atoms with Gasteiger partial charge >= 0.3 is 0 Å². The first-order valence-electron chi connectivity index (χ1n) is 8.36. The minimum absolute atomic E-state index is 0.0808. The number of carbonyl (C=O) groups excluding carboxylic acids is 1. The molecule has 128 valence electrons. The second-order valence-electron chi connectivity index (χ2n) is 6.32. The highest BCUT2D eigenvalue weighted by atomic mass is 32.1. The number of carbonyl (C=O) groups is 1. The summed E-state index contributed by atoms with van der Waals surface area (Å²) in [6, 6.07) is 8.04. The largest absolute Gasteiger partial charge is 0.379 e.